The largest absolute Gasteiger partial charge is 0.387 e. The van der Waals surface area contributed by atoms with Crippen LogP contribution < -0.4 is 5.73 Å². The molecule has 2 rings (SSSR count). The van der Waals surface area contributed by atoms with Crippen LogP contribution >= 0.6 is 0 Å². The van der Waals surface area contributed by atoms with E-state index in [9.17, 15) is 8.42 Å². The predicted octanol–water partition coefficient (Wildman–Crippen LogP) is -1.34. The second-order valence-corrected chi connectivity index (χ2v) is 6.47. The molecular weight excluding hydrogens is 268 g/mol. The van der Waals surface area contributed by atoms with Crippen LogP contribution in [-0.4, -0.2) is 65.7 Å². The van der Waals surface area contributed by atoms with Crippen molar-refractivity contribution in [3.05, 3.63) is 12.5 Å². The van der Waals surface area contributed by atoms with Crippen molar-refractivity contribution in [1.82, 2.24) is 18.8 Å². The number of amidine groups is 1. The number of aromatic nitrogens is 2. The van der Waals surface area contributed by atoms with Gasteiger partial charge in [-0.15, -0.1) is 0 Å². The first kappa shape index (κ1) is 14.0. The zero-order chi connectivity index (χ0) is 14.0. The summed E-state index contributed by atoms with van der Waals surface area (Å²) in [7, 11) is -1.77. The van der Waals surface area contributed by atoms with Crippen LogP contribution in [0.1, 0.15) is 0 Å². The van der Waals surface area contributed by atoms with E-state index in [2.05, 4.69) is 4.98 Å². The van der Waals surface area contributed by atoms with Crippen LogP contribution in [0.3, 0.4) is 0 Å². The molecule has 19 heavy (non-hydrogen) atoms. The van der Waals surface area contributed by atoms with E-state index < -0.39 is 10.0 Å². The normalized spacial score (nSPS) is 18.6. The molecule has 1 saturated heterocycles. The fourth-order valence-electron chi connectivity index (χ4n) is 2.02. The van der Waals surface area contributed by atoms with Gasteiger partial charge in [0.2, 0.25) is 0 Å². The second-order valence-electron chi connectivity index (χ2n) is 4.58. The van der Waals surface area contributed by atoms with E-state index in [1.54, 1.807) is 11.6 Å². The number of piperazine rings is 1. The Morgan fingerprint density at radius 1 is 1.42 bits per heavy atom. The van der Waals surface area contributed by atoms with Gasteiger partial charge in [-0.25, -0.2) is 13.4 Å². The summed E-state index contributed by atoms with van der Waals surface area (Å²) in [5.41, 5.74) is 5.33. The van der Waals surface area contributed by atoms with Crippen molar-refractivity contribution in [2.75, 3.05) is 32.7 Å². The predicted molar refractivity (Wildman–Crippen MR) is 70.3 cm³/mol. The zero-order valence-corrected chi connectivity index (χ0v) is 11.6. The van der Waals surface area contributed by atoms with E-state index in [0.29, 0.717) is 32.7 Å². The lowest BCUT2D eigenvalue weighted by molar-refractivity contribution is 0.208. The average Bonchev–Trinajstić information content (AvgIpc) is 2.76. The number of hydrogen-bond donors (Lipinski definition) is 2. The third kappa shape index (κ3) is 3.11. The van der Waals surface area contributed by atoms with E-state index in [0.717, 1.165) is 0 Å². The van der Waals surface area contributed by atoms with Crippen molar-refractivity contribution in [2.45, 2.75) is 5.03 Å². The summed E-state index contributed by atoms with van der Waals surface area (Å²) in [5, 5.41) is 7.31. The van der Waals surface area contributed by atoms with Gasteiger partial charge >= 0.3 is 0 Å². The molecule has 1 aliphatic rings. The summed E-state index contributed by atoms with van der Waals surface area (Å²) < 4.78 is 27.6. The molecule has 0 saturated carbocycles. The molecule has 1 aromatic rings. The lowest BCUT2D eigenvalue weighted by Gasteiger charge is -2.33. The lowest BCUT2D eigenvalue weighted by atomic mass is 10.3. The summed E-state index contributed by atoms with van der Waals surface area (Å²) in [5.74, 6) is 0.0982. The maximum Gasteiger partial charge on any atom is 0.262 e. The van der Waals surface area contributed by atoms with E-state index in [4.69, 9.17) is 11.1 Å². The monoisotopic (exact) mass is 286 g/mol. The van der Waals surface area contributed by atoms with Crippen molar-refractivity contribution in [3.63, 3.8) is 0 Å². The third-order valence-corrected chi connectivity index (χ3v) is 4.79. The van der Waals surface area contributed by atoms with Crippen LogP contribution in [0, 0.1) is 5.41 Å². The minimum absolute atomic E-state index is 0.0787. The number of rotatable bonds is 4. The summed E-state index contributed by atoms with van der Waals surface area (Å²) in [6.45, 7) is 2.33. The van der Waals surface area contributed by atoms with Crippen LogP contribution in [0.15, 0.2) is 17.6 Å². The van der Waals surface area contributed by atoms with Crippen LogP contribution in [0.2, 0.25) is 0 Å². The SMILES string of the molecule is Cn1cnc(S(=O)(=O)N2CCN(CC(=N)N)CC2)c1. The first-order valence-corrected chi connectivity index (χ1v) is 7.37. The first-order valence-electron chi connectivity index (χ1n) is 5.93. The zero-order valence-electron chi connectivity index (χ0n) is 10.8. The maximum atomic E-state index is 12.3. The van der Waals surface area contributed by atoms with E-state index >= 15 is 0 Å². The molecule has 1 aromatic heterocycles. The third-order valence-electron chi connectivity index (χ3n) is 3.01. The highest BCUT2D eigenvalue weighted by atomic mass is 32.2. The highest BCUT2D eigenvalue weighted by molar-refractivity contribution is 7.89. The van der Waals surface area contributed by atoms with Gasteiger partial charge in [-0.3, -0.25) is 10.3 Å². The Morgan fingerprint density at radius 2 is 2.05 bits per heavy atom. The summed E-state index contributed by atoms with van der Waals surface area (Å²) in [4.78, 5) is 5.86. The van der Waals surface area contributed by atoms with Gasteiger partial charge in [-0.2, -0.15) is 4.31 Å². The maximum absolute atomic E-state index is 12.3. The standard InChI is InChI=1S/C10H18N6O2S/c1-14-7-10(13-8-14)19(17,18)16-4-2-15(3-5-16)6-9(11)12/h7-8H,2-6H2,1H3,(H3,11,12). The number of hydrogen-bond acceptors (Lipinski definition) is 5. The molecule has 1 fully saturated rings. The molecule has 1 aliphatic heterocycles. The van der Waals surface area contributed by atoms with Gasteiger partial charge in [0.1, 0.15) is 5.84 Å². The molecular formula is C10H18N6O2S. The summed E-state index contributed by atoms with van der Waals surface area (Å²) >= 11 is 0. The second kappa shape index (κ2) is 5.27. The Morgan fingerprint density at radius 3 is 2.53 bits per heavy atom. The molecule has 0 spiro atoms. The quantitative estimate of drug-likeness (QED) is 0.526. The molecule has 8 nitrogen and oxygen atoms in total. The fourth-order valence-corrected chi connectivity index (χ4v) is 3.41. The molecule has 0 atom stereocenters. The number of aryl methyl sites for hydroxylation is 1. The minimum Gasteiger partial charge on any atom is -0.387 e. The lowest BCUT2D eigenvalue weighted by Crippen LogP contribution is -2.50. The molecule has 0 unspecified atom stereocenters. The van der Waals surface area contributed by atoms with Crippen molar-refractivity contribution in [3.8, 4) is 0 Å². The fraction of sp³-hybridized carbons (Fsp3) is 0.600. The van der Waals surface area contributed by atoms with Crippen LogP contribution in [0.5, 0.6) is 0 Å². The van der Waals surface area contributed by atoms with Crippen LogP contribution in [0.25, 0.3) is 0 Å². The molecule has 0 amide bonds. The van der Waals surface area contributed by atoms with Gasteiger partial charge in [0.05, 0.1) is 12.9 Å². The number of imidazole rings is 1. The van der Waals surface area contributed by atoms with Crippen molar-refractivity contribution in [1.29, 1.82) is 5.41 Å². The van der Waals surface area contributed by atoms with Crippen LogP contribution in [-0.2, 0) is 17.1 Å². The highest BCUT2D eigenvalue weighted by Crippen LogP contribution is 2.15. The number of nitrogens with two attached hydrogens (primary N) is 1. The van der Waals surface area contributed by atoms with Gasteiger partial charge < -0.3 is 10.3 Å². The molecule has 0 aliphatic carbocycles. The summed E-state index contributed by atoms with van der Waals surface area (Å²) in [6, 6.07) is 0. The highest BCUT2D eigenvalue weighted by Gasteiger charge is 2.30. The van der Waals surface area contributed by atoms with Gasteiger partial charge in [0.25, 0.3) is 10.0 Å². The van der Waals surface area contributed by atoms with Crippen molar-refractivity contribution >= 4 is 15.9 Å². The Kier molecular flexibility index (Phi) is 3.88. The number of nitrogens with zero attached hydrogens (tertiary/aromatic N) is 4. The topological polar surface area (TPSA) is 108 Å². The van der Waals surface area contributed by atoms with E-state index in [-0.39, 0.29) is 10.9 Å². The van der Waals surface area contributed by atoms with Gasteiger partial charge in [-0.05, 0) is 0 Å². The van der Waals surface area contributed by atoms with Gasteiger partial charge in [0.15, 0.2) is 5.03 Å². The molecule has 0 radical (unpaired) electrons. The number of sulfonamides is 1. The Labute approximate surface area is 112 Å². The van der Waals surface area contributed by atoms with E-state index in [1.807, 2.05) is 4.90 Å². The molecule has 0 aromatic carbocycles. The van der Waals surface area contributed by atoms with E-state index in [1.165, 1.54) is 16.8 Å². The minimum atomic E-state index is -3.50. The molecule has 106 valence electrons. The smallest absolute Gasteiger partial charge is 0.262 e. The van der Waals surface area contributed by atoms with Gasteiger partial charge in [-0.1, -0.05) is 0 Å². The van der Waals surface area contributed by atoms with Gasteiger partial charge in [0, 0.05) is 39.4 Å². The Bertz CT molecular complexity index is 558. The van der Waals surface area contributed by atoms with Crippen LogP contribution in [0.4, 0.5) is 0 Å². The molecule has 2 heterocycles. The molecule has 3 N–H and O–H groups in total. The molecule has 9 heteroatoms. The number of nitrogens with one attached hydrogen (secondary N) is 1. The van der Waals surface area contributed by atoms with Crippen molar-refractivity contribution in [2.24, 2.45) is 12.8 Å². The Balaban J connectivity index is 2.03. The molecule has 0 bridgehead atoms. The van der Waals surface area contributed by atoms with Crippen molar-refractivity contribution < 1.29 is 8.42 Å². The average molecular weight is 286 g/mol. The summed E-state index contributed by atoms with van der Waals surface area (Å²) in [6.07, 6.45) is 2.97. The Hall–Kier alpha value is -1.45. The first-order chi connectivity index (χ1) is 8.89.